The number of carbonyl (C=O) groups is 3. The molecule has 29 heavy (non-hydrogen) atoms. The Kier molecular flexibility index (Phi) is 6.09. The SMILES string of the molecule is CC(OC(=O)c1ccc2ccccc2c1O)C(=O)NC(=O)NCc1ccccc1. The molecule has 3 aromatic rings. The Bertz CT molecular complexity index is 1050. The van der Waals surface area contributed by atoms with Crippen LogP contribution in [-0.4, -0.2) is 29.1 Å². The molecule has 3 amide bonds. The van der Waals surface area contributed by atoms with Gasteiger partial charge < -0.3 is 15.2 Å². The van der Waals surface area contributed by atoms with Gasteiger partial charge >= 0.3 is 12.0 Å². The molecule has 0 aliphatic heterocycles. The number of carbonyl (C=O) groups excluding carboxylic acids is 3. The monoisotopic (exact) mass is 392 g/mol. The fourth-order valence-electron chi connectivity index (χ4n) is 2.73. The maximum absolute atomic E-state index is 12.4. The number of phenols is 1. The van der Waals surface area contributed by atoms with Crippen molar-refractivity contribution in [2.45, 2.75) is 19.6 Å². The Morgan fingerprint density at radius 2 is 1.66 bits per heavy atom. The van der Waals surface area contributed by atoms with Crippen LogP contribution in [-0.2, 0) is 16.1 Å². The van der Waals surface area contributed by atoms with Gasteiger partial charge in [0.2, 0.25) is 0 Å². The molecule has 7 nitrogen and oxygen atoms in total. The molecule has 0 spiro atoms. The van der Waals surface area contributed by atoms with Crippen LogP contribution in [0, 0.1) is 0 Å². The Balaban J connectivity index is 1.57. The summed E-state index contributed by atoms with van der Waals surface area (Å²) >= 11 is 0. The minimum absolute atomic E-state index is 0.0584. The average Bonchev–Trinajstić information content (AvgIpc) is 2.73. The van der Waals surface area contributed by atoms with Gasteiger partial charge in [0, 0.05) is 11.9 Å². The zero-order valence-corrected chi connectivity index (χ0v) is 15.7. The number of imide groups is 1. The van der Waals surface area contributed by atoms with E-state index in [9.17, 15) is 19.5 Å². The van der Waals surface area contributed by atoms with Crippen molar-refractivity contribution < 1.29 is 24.2 Å². The number of hydrogen-bond donors (Lipinski definition) is 3. The number of benzene rings is 3. The third-order valence-electron chi connectivity index (χ3n) is 4.31. The van der Waals surface area contributed by atoms with E-state index in [1.807, 2.05) is 36.4 Å². The molecule has 0 fully saturated rings. The number of aromatic hydroxyl groups is 1. The van der Waals surface area contributed by atoms with Crippen molar-refractivity contribution >= 4 is 28.7 Å². The predicted molar refractivity (Wildman–Crippen MR) is 107 cm³/mol. The number of urea groups is 1. The lowest BCUT2D eigenvalue weighted by Crippen LogP contribution is -2.44. The predicted octanol–water partition coefficient (Wildman–Crippen LogP) is 3.12. The van der Waals surface area contributed by atoms with Gasteiger partial charge in [-0.3, -0.25) is 10.1 Å². The minimum atomic E-state index is -1.23. The summed E-state index contributed by atoms with van der Waals surface area (Å²) in [6, 6.07) is 18.6. The van der Waals surface area contributed by atoms with Gasteiger partial charge in [-0.25, -0.2) is 9.59 Å². The molecule has 1 atom stereocenters. The van der Waals surface area contributed by atoms with E-state index in [1.165, 1.54) is 13.0 Å². The standard InChI is InChI=1S/C22H20N2O5/c1-14(20(26)24-22(28)23-13-15-7-3-2-4-8-15)29-21(27)18-12-11-16-9-5-6-10-17(16)19(18)25/h2-12,14,25H,13H2,1H3,(H2,23,24,26,28). The summed E-state index contributed by atoms with van der Waals surface area (Å²) in [4.78, 5) is 36.3. The normalized spacial score (nSPS) is 11.5. The van der Waals surface area contributed by atoms with Crippen LogP contribution in [0.15, 0.2) is 66.7 Å². The molecule has 1 unspecified atom stereocenters. The zero-order valence-electron chi connectivity index (χ0n) is 15.7. The number of ether oxygens (including phenoxy) is 1. The summed E-state index contributed by atoms with van der Waals surface area (Å²) in [6.45, 7) is 1.59. The van der Waals surface area contributed by atoms with Crippen LogP contribution in [0.2, 0.25) is 0 Å². The van der Waals surface area contributed by atoms with Gasteiger partial charge in [0.25, 0.3) is 5.91 Å². The molecule has 0 bridgehead atoms. The highest BCUT2D eigenvalue weighted by Crippen LogP contribution is 2.29. The van der Waals surface area contributed by atoms with Crippen molar-refractivity contribution in [1.82, 2.24) is 10.6 Å². The van der Waals surface area contributed by atoms with E-state index in [4.69, 9.17) is 4.74 Å². The molecule has 0 aliphatic rings. The largest absolute Gasteiger partial charge is 0.506 e. The Morgan fingerprint density at radius 1 is 0.966 bits per heavy atom. The minimum Gasteiger partial charge on any atom is -0.506 e. The molecule has 7 heteroatoms. The van der Waals surface area contributed by atoms with Crippen LogP contribution >= 0.6 is 0 Å². The maximum Gasteiger partial charge on any atom is 0.342 e. The summed E-state index contributed by atoms with van der Waals surface area (Å²) in [5.41, 5.74) is 0.818. The van der Waals surface area contributed by atoms with Gasteiger partial charge in [0.05, 0.1) is 0 Å². The molecule has 0 saturated carbocycles. The Labute approximate surface area is 167 Å². The fraction of sp³-hybridized carbons (Fsp3) is 0.136. The smallest absolute Gasteiger partial charge is 0.342 e. The third-order valence-corrected chi connectivity index (χ3v) is 4.31. The number of hydrogen-bond acceptors (Lipinski definition) is 5. The molecule has 3 aromatic carbocycles. The highest BCUT2D eigenvalue weighted by atomic mass is 16.5. The molecule has 3 N–H and O–H groups in total. The number of fused-ring (bicyclic) bond motifs is 1. The van der Waals surface area contributed by atoms with Crippen LogP contribution in [0.1, 0.15) is 22.8 Å². The lowest BCUT2D eigenvalue weighted by Gasteiger charge is -2.14. The molecular formula is C22H20N2O5. The molecule has 148 valence electrons. The molecule has 0 aliphatic carbocycles. The first-order chi connectivity index (χ1) is 14.0. The third kappa shape index (κ3) is 4.90. The summed E-state index contributed by atoms with van der Waals surface area (Å²) in [5.74, 6) is -1.86. The molecule has 3 rings (SSSR count). The summed E-state index contributed by atoms with van der Waals surface area (Å²) < 4.78 is 5.10. The number of phenolic OH excluding ortho intramolecular Hbond substituents is 1. The van der Waals surface area contributed by atoms with E-state index in [-0.39, 0.29) is 17.9 Å². The van der Waals surface area contributed by atoms with Crippen molar-refractivity contribution in [3.05, 3.63) is 77.9 Å². The molecular weight excluding hydrogens is 372 g/mol. The highest BCUT2D eigenvalue weighted by molar-refractivity contribution is 6.03. The van der Waals surface area contributed by atoms with E-state index >= 15 is 0 Å². The highest BCUT2D eigenvalue weighted by Gasteiger charge is 2.23. The van der Waals surface area contributed by atoms with Gasteiger partial charge in [-0.15, -0.1) is 0 Å². The van der Waals surface area contributed by atoms with Gasteiger partial charge in [-0.2, -0.15) is 0 Å². The van der Waals surface area contributed by atoms with Crippen LogP contribution in [0.4, 0.5) is 4.79 Å². The summed E-state index contributed by atoms with van der Waals surface area (Å²) in [5, 5.41) is 16.3. The van der Waals surface area contributed by atoms with Crippen LogP contribution in [0.3, 0.4) is 0 Å². The van der Waals surface area contributed by atoms with Crippen LogP contribution in [0.5, 0.6) is 5.75 Å². The molecule has 0 heterocycles. The fourth-order valence-corrected chi connectivity index (χ4v) is 2.73. The van der Waals surface area contributed by atoms with Gasteiger partial charge in [0.15, 0.2) is 6.10 Å². The number of esters is 1. The topological polar surface area (TPSA) is 105 Å². The van der Waals surface area contributed by atoms with Crippen molar-refractivity contribution in [3.8, 4) is 5.75 Å². The number of amides is 3. The zero-order chi connectivity index (χ0) is 20.8. The quantitative estimate of drug-likeness (QED) is 0.579. The second-order valence-electron chi connectivity index (χ2n) is 6.39. The Morgan fingerprint density at radius 3 is 2.41 bits per heavy atom. The average molecular weight is 392 g/mol. The summed E-state index contributed by atoms with van der Waals surface area (Å²) in [7, 11) is 0. The van der Waals surface area contributed by atoms with Crippen molar-refractivity contribution in [2.75, 3.05) is 0 Å². The second-order valence-corrected chi connectivity index (χ2v) is 6.39. The van der Waals surface area contributed by atoms with Crippen molar-refractivity contribution in [3.63, 3.8) is 0 Å². The maximum atomic E-state index is 12.4. The number of nitrogens with one attached hydrogen (secondary N) is 2. The van der Waals surface area contributed by atoms with Gasteiger partial charge in [-0.1, -0.05) is 60.7 Å². The lowest BCUT2D eigenvalue weighted by atomic mass is 10.1. The van der Waals surface area contributed by atoms with Crippen LogP contribution in [0.25, 0.3) is 10.8 Å². The second kappa shape index (κ2) is 8.88. The van der Waals surface area contributed by atoms with E-state index in [0.717, 1.165) is 10.9 Å². The first-order valence-electron chi connectivity index (χ1n) is 9.00. The number of rotatable bonds is 5. The van der Waals surface area contributed by atoms with E-state index < -0.39 is 24.0 Å². The van der Waals surface area contributed by atoms with Crippen LogP contribution < -0.4 is 10.6 Å². The van der Waals surface area contributed by atoms with E-state index in [1.54, 1.807) is 24.3 Å². The van der Waals surface area contributed by atoms with Gasteiger partial charge in [-0.05, 0) is 23.9 Å². The van der Waals surface area contributed by atoms with E-state index in [0.29, 0.717) is 5.39 Å². The first kappa shape index (κ1) is 19.9. The molecule has 0 radical (unpaired) electrons. The molecule has 0 saturated heterocycles. The van der Waals surface area contributed by atoms with E-state index in [2.05, 4.69) is 10.6 Å². The van der Waals surface area contributed by atoms with Crippen molar-refractivity contribution in [1.29, 1.82) is 0 Å². The first-order valence-corrected chi connectivity index (χ1v) is 9.00. The Hall–Kier alpha value is -3.87. The van der Waals surface area contributed by atoms with Crippen molar-refractivity contribution in [2.24, 2.45) is 0 Å². The lowest BCUT2D eigenvalue weighted by molar-refractivity contribution is -0.127. The van der Waals surface area contributed by atoms with Gasteiger partial charge in [0.1, 0.15) is 11.3 Å². The molecule has 0 aromatic heterocycles. The summed E-state index contributed by atoms with van der Waals surface area (Å²) in [6.07, 6.45) is -1.23.